The van der Waals surface area contributed by atoms with E-state index in [2.05, 4.69) is 48.6 Å². The van der Waals surface area contributed by atoms with Gasteiger partial charge in [0.15, 0.2) is 0 Å². The zero-order chi connectivity index (χ0) is 13.0. The highest BCUT2D eigenvalue weighted by atomic mass is 16.3. The summed E-state index contributed by atoms with van der Waals surface area (Å²) in [6.07, 6.45) is 0. The summed E-state index contributed by atoms with van der Waals surface area (Å²) in [5.41, 5.74) is 8.14. The second kappa shape index (κ2) is 5.96. The summed E-state index contributed by atoms with van der Waals surface area (Å²) in [5.74, 6) is 0. The highest BCUT2D eigenvalue weighted by Gasteiger charge is 2.00. The smallest absolute Gasteiger partial charge is 0.0594 e. The van der Waals surface area contributed by atoms with Gasteiger partial charge in [-0.05, 0) is 29.3 Å². The number of benzene rings is 2. The van der Waals surface area contributed by atoms with Crippen LogP contribution in [0.4, 0.5) is 0 Å². The number of nitrogens with one attached hydrogen (secondary N) is 1. The molecule has 0 aliphatic carbocycles. The third-order valence-electron chi connectivity index (χ3n) is 3.03. The lowest BCUT2D eigenvalue weighted by molar-refractivity contribution is 0.262. The number of aliphatic hydroxyl groups excluding tert-OH is 1. The van der Waals surface area contributed by atoms with E-state index in [0.717, 1.165) is 6.54 Å². The zero-order valence-electron chi connectivity index (χ0n) is 10.7. The Morgan fingerprint density at radius 2 is 1.89 bits per heavy atom. The van der Waals surface area contributed by atoms with E-state index in [9.17, 15) is 0 Å². The van der Waals surface area contributed by atoms with Crippen molar-refractivity contribution in [3.8, 4) is 0 Å². The largest absolute Gasteiger partial charge is 0.395 e. The van der Waals surface area contributed by atoms with Crippen molar-refractivity contribution in [2.45, 2.75) is 19.5 Å². The fraction of sp³-hybridized carbons (Fsp3) is 0.333. The number of aliphatic hydroxyl groups is 1. The van der Waals surface area contributed by atoms with Gasteiger partial charge < -0.3 is 16.2 Å². The summed E-state index contributed by atoms with van der Waals surface area (Å²) < 4.78 is 0. The Morgan fingerprint density at radius 3 is 2.67 bits per heavy atom. The molecule has 0 fully saturated rings. The van der Waals surface area contributed by atoms with E-state index in [0.29, 0.717) is 6.54 Å². The van der Waals surface area contributed by atoms with Crippen LogP contribution in [-0.2, 0) is 6.54 Å². The van der Waals surface area contributed by atoms with Crippen molar-refractivity contribution in [2.75, 3.05) is 13.2 Å². The molecule has 4 N–H and O–H groups in total. The lowest BCUT2D eigenvalue weighted by Crippen LogP contribution is -2.36. The second-order valence-corrected chi connectivity index (χ2v) is 4.76. The highest BCUT2D eigenvalue weighted by molar-refractivity contribution is 5.83. The van der Waals surface area contributed by atoms with Crippen LogP contribution in [0.15, 0.2) is 36.4 Å². The van der Waals surface area contributed by atoms with Gasteiger partial charge in [0.2, 0.25) is 0 Å². The van der Waals surface area contributed by atoms with Crippen LogP contribution < -0.4 is 11.1 Å². The molecule has 18 heavy (non-hydrogen) atoms. The van der Waals surface area contributed by atoms with Crippen LogP contribution in [0.5, 0.6) is 0 Å². The first-order valence-corrected chi connectivity index (χ1v) is 6.25. The molecule has 0 aromatic heterocycles. The molecule has 2 aromatic rings. The van der Waals surface area contributed by atoms with E-state index < -0.39 is 0 Å². The molecular weight excluding hydrogens is 224 g/mol. The summed E-state index contributed by atoms with van der Waals surface area (Å²) >= 11 is 0. The average Bonchev–Trinajstić information content (AvgIpc) is 2.38. The minimum Gasteiger partial charge on any atom is -0.395 e. The van der Waals surface area contributed by atoms with Crippen LogP contribution in [0.2, 0.25) is 0 Å². The monoisotopic (exact) mass is 244 g/mol. The van der Waals surface area contributed by atoms with Crippen LogP contribution in [0.3, 0.4) is 0 Å². The Labute approximate surface area is 108 Å². The fourth-order valence-electron chi connectivity index (χ4n) is 1.99. The molecule has 0 heterocycles. The molecule has 2 aromatic carbocycles. The van der Waals surface area contributed by atoms with E-state index in [1.165, 1.54) is 21.9 Å². The van der Waals surface area contributed by atoms with Crippen molar-refractivity contribution in [1.82, 2.24) is 5.32 Å². The molecule has 2 rings (SSSR count). The summed E-state index contributed by atoms with van der Waals surface area (Å²) in [4.78, 5) is 0. The Morgan fingerprint density at radius 1 is 1.17 bits per heavy atom. The lowest BCUT2D eigenvalue weighted by Gasteiger charge is -2.10. The van der Waals surface area contributed by atoms with Crippen LogP contribution in [0.25, 0.3) is 10.8 Å². The summed E-state index contributed by atoms with van der Waals surface area (Å²) in [5, 5.41) is 14.6. The van der Waals surface area contributed by atoms with E-state index >= 15 is 0 Å². The van der Waals surface area contributed by atoms with Gasteiger partial charge in [-0.15, -0.1) is 0 Å². The molecular formula is C15H20N2O. The van der Waals surface area contributed by atoms with Gasteiger partial charge in [0.05, 0.1) is 6.61 Å². The van der Waals surface area contributed by atoms with Crippen LogP contribution in [0, 0.1) is 6.92 Å². The zero-order valence-corrected chi connectivity index (χ0v) is 10.7. The number of nitrogens with two attached hydrogens (primary N) is 1. The maximum absolute atomic E-state index is 8.83. The van der Waals surface area contributed by atoms with Crippen molar-refractivity contribution in [1.29, 1.82) is 0 Å². The SMILES string of the molecule is Cc1ccc2cc(CNCC(N)CO)ccc2c1. The van der Waals surface area contributed by atoms with Crippen LogP contribution >= 0.6 is 0 Å². The number of hydrogen-bond acceptors (Lipinski definition) is 3. The normalized spacial score (nSPS) is 12.8. The Bertz CT molecular complexity index is 525. The van der Waals surface area contributed by atoms with Crippen LogP contribution in [-0.4, -0.2) is 24.3 Å². The summed E-state index contributed by atoms with van der Waals surface area (Å²) in [6.45, 7) is 3.52. The predicted octanol–water partition coefficient (Wildman–Crippen LogP) is 1.56. The second-order valence-electron chi connectivity index (χ2n) is 4.76. The predicted molar refractivity (Wildman–Crippen MR) is 75.5 cm³/mol. The van der Waals surface area contributed by atoms with Gasteiger partial charge in [0.25, 0.3) is 0 Å². The molecule has 0 aliphatic heterocycles. The first-order valence-electron chi connectivity index (χ1n) is 6.25. The minimum absolute atomic E-state index is 0.0179. The molecule has 3 heteroatoms. The molecule has 0 bridgehead atoms. The molecule has 3 nitrogen and oxygen atoms in total. The average molecular weight is 244 g/mol. The molecule has 0 radical (unpaired) electrons. The van der Waals surface area contributed by atoms with Gasteiger partial charge >= 0.3 is 0 Å². The third kappa shape index (κ3) is 3.29. The Balaban J connectivity index is 2.04. The molecule has 0 saturated carbocycles. The maximum Gasteiger partial charge on any atom is 0.0594 e. The lowest BCUT2D eigenvalue weighted by atomic mass is 10.0. The topological polar surface area (TPSA) is 58.3 Å². The van der Waals surface area contributed by atoms with Gasteiger partial charge in [-0.1, -0.05) is 35.9 Å². The highest BCUT2D eigenvalue weighted by Crippen LogP contribution is 2.17. The number of hydrogen-bond donors (Lipinski definition) is 3. The first kappa shape index (κ1) is 13.0. The Hall–Kier alpha value is -1.42. The standard InChI is InChI=1S/C15H20N2O/c1-11-2-4-14-7-12(3-5-13(14)6-11)8-17-9-15(16)10-18/h2-7,15,17-18H,8-10,16H2,1H3. The van der Waals surface area contributed by atoms with E-state index in [-0.39, 0.29) is 12.6 Å². The van der Waals surface area contributed by atoms with E-state index in [1.54, 1.807) is 0 Å². The molecule has 0 saturated heterocycles. The van der Waals surface area contributed by atoms with Gasteiger partial charge in [-0.3, -0.25) is 0 Å². The summed E-state index contributed by atoms with van der Waals surface area (Å²) in [7, 11) is 0. The van der Waals surface area contributed by atoms with Gasteiger partial charge in [-0.2, -0.15) is 0 Å². The molecule has 96 valence electrons. The molecule has 1 unspecified atom stereocenters. The number of fused-ring (bicyclic) bond motifs is 1. The fourth-order valence-corrected chi connectivity index (χ4v) is 1.99. The quantitative estimate of drug-likeness (QED) is 0.748. The molecule has 0 aliphatic rings. The van der Waals surface area contributed by atoms with Crippen molar-refractivity contribution in [2.24, 2.45) is 5.73 Å². The molecule has 1 atom stereocenters. The van der Waals surface area contributed by atoms with Crippen molar-refractivity contribution < 1.29 is 5.11 Å². The first-order chi connectivity index (χ1) is 8.69. The van der Waals surface area contributed by atoms with E-state index in [1.807, 2.05) is 0 Å². The Kier molecular flexibility index (Phi) is 4.31. The number of aryl methyl sites for hydroxylation is 1. The van der Waals surface area contributed by atoms with Gasteiger partial charge in [0, 0.05) is 19.1 Å². The van der Waals surface area contributed by atoms with Gasteiger partial charge in [0.1, 0.15) is 0 Å². The molecule has 0 amide bonds. The molecule has 0 spiro atoms. The van der Waals surface area contributed by atoms with Crippen molar-refractivity contribution in [3.05, 3.63) is 47.5 Å². The van der Waals surface area contributed by atoms with Crippen molar-refractivity contribution >= 4 is 10.8 Å². The van der Waals surface area contributed by atoms with Crippen molar-refractivity contribution in [3.63, 3.8) is 0 Å². The minimum atomic E-state index is -0.187. The van der Waals surface area contributed by atoms with E-state index in [4.69, 9.17) is 10.8 Å². The van der Waals surface area contributed by atoms with Gasteiger partial charge in [-0.25, -0.2) is 0 Å². The maximum atomic E-state index is 8.83. The third-order valence-corrected chi connectivity index (χ3v) is 3.03. The number of rotatable bonds is 5. The van der Waals surface area contributed by atoms with Crippen LogP contribution in [0.1, 0.15) is 11.1 Å². The summed E-state index contributed by atoms with van der Waals surface area (Å²) in [6, 6.07) is 12.7.